The first-order chi connectivity index (χ1) is 13.9. The van der Waals surface area contributed by atoms with Crippen molar-refractivity contribution in [2.45, 2.75) is 45.8 Å². The molecule has 0 unspecified atom stereocenters. The molecular formula is C22H27NO6. The van der Waals surface area contributed by atoms with E-state index in [2.05, 4.69) is 4.98 Å². The van der Waals surface area contributed by atoms with Gasteiger partial charge in [0.2, 0.25) is 0 Å². The van der Waals surface area contributed by atoms with E-state index in [1.807, 2.05) is 44.2 Å². The topological polar surface area (TPSA) is 95.0 Å². The lowest BCUT2D eigenvalue weighted by Gasteiger charge is -2.25. The smallest absolute Gasteiger partial charge is 0.309 e. The van der Waals surface area contributed by atoms with Gasteiger partial charge in [-0.1, -0.05) is 32.0 Å². The van der Waals surface area contributed by atoms with E-state index in [9.17, 15) is 14.7 Å². The van der Waals surface area contributed by atoms with Gasteiger partial charge in [-0.05, 0) is 25.5 Å². The Kier molecular flexibility index (Phi) is 8.00. The second kappa shape index (κ2) is 10.5. The number of carbonyl (C=O) groups is 2. The Morgan fingerprint density at radius 1 is 1.14 bits per heavy atom. The molecule has 0 aliphatic heterocycles. The number of pyridine rings is 1. The summed E-state index contributed by atoms with van der Waals surface area (Å²) in [5.41, 5.74) is -0.128. The molecule has 2 rings (SSSR count). The molecule has 0 aliphatic carbocycles. The number of ether oxygens (including phenoxy) is 3. The minimum absolute atomic E-state index is 0.128. The summed E-state index contributed by atoms with van der Waals surface area (Å²) in [6.07, 6.45) is 0.988. The summed E-state index contributed by atoms with van der Waals surface area (Å²) < 4.78 is 16.4. The first-order valence-corrected chi connectivity index (χ1v) is 9.54. The molecule has 0 bridgehead atoms. The third kappa shape index (κ3) is 5.94. The number of Topliss-reactive ketones (excluding diaryl/α,β-unsaturated/α-hetero) is 1. The molecule has 156 valence electrons. The molecule has 0 saturated heterocycles. The fourth-order valence-electron chi connectivity index (χ4n) is 2.83. The predicted molar refractivity (Wildman–Crippen MR) is 107 cm³/mol. The third-order valence-corrected chi connectivity index (χ3v) is 4.52. The number of para-hydroxylation sites is 1. The van der Waals surface area contributed by atoms with Crippen molar-refractivity contribution in [1.29, 1.82) is 0 Å². The Morgan fingerprint density at radius 3 is 2.45 bits per heavy atom. The van der Waals surface area contributed by atoms with Crippen LogP contribution in [0.25, 0.3) is 0 Å². The molecule has 1 N–H and O–H groups in total. The highest BCUT2D eigenvalue weighted by Crippen LogP contribution is 2.29. The molecule has 7 heteroatoms. The van der Waals surface area contributed by atoms with Crippen LogP contribution in [0.5, 0.6) is 17.2 Å². The molecule has 0 radical (unpaired) electrons. The van der Waals surface area contributed by atoms with Gasteiger partial charge >= 0.3 is 5.97 Å². The maximum absolute atomic E-state index is 12.5. The van der Waals surface area contributed by atoms with Crippen molar-refractivity contribution < 1.29 is 28.9 Å². The number of aromatic hydroxyl groups is 1. The predicted octanol–water partition coefficient (Wildman–Crippen LogP) is 3.79. The average molecular weight is 401 g/mol. The fraction of sp³-hybridized carbons (Fsp3) is 0.409. The maximum Gasteiger partial charge on any atom is 0.309 e. The van der Waals surface area contributed by atoms with Gasteiger partial charge in [0.1, 0.15) is 18.0 Å². The van der Waals surface area contributed by atoms with Crippen molar-refractivity contribution in [1.82, 2.24) is 4.98 Å². The highest BCUT2D eigenvalue weighted by Gasteiger charge is 2.27. The molecule has 0 aliphatic rings. The zero-order chi connectivity index (χ0) is 21.4. The Labute approximate surface area is 170 Å². The van der Waals surface area contributed by atoms with Crippen molar-refractivity contribution in [3.05, 3.63) is 48.3 Å². The van der Waals surface area contributed by atoms with Crippen LogP contribution in [0.4, 0.5) is 0 Å². The lowest BCUT2D eigenvalue weighted by atomic mass is 10.0. The van der Waals surface area contributed by atoms with E-state index >= 15 is 0 Å². The van der Waals surface area contributed by atoms with Crippen LogP contribution in [0, 0.1) is 5.92 Å². The molecule has 0 saturated carbocycles. The lowest BCUT2D eigenvalue weighted by Crippen LogP contribution is -2.35. The number of ketones is 1. The van der Waals surface area contributed by atoms with Crippen molar-refractivity contribution in [3.63, 3.8) is 0 Å². The van der Waals surface area contributed by atoms with Crippen LogP contribution in [-0.2, 0) is 9.53 Å². The highest BCUT2D eigenvalue weighted by atomic mass is 16.6. The zero-order valence-electron chi connectivity index (χ0n) is 17.1. The minimum atomic E-state index is -0.701. The normalized spacial score (nSPS) is 13.8. The summed E-state index contributed by atoms with van der Waals surface area (Å²) >= 11 is 0. The van der Waals surface area contributed by atoms with Gasteiger partial charge < -0.3 is 19.3 Å². The highest BCUT2D eigenvalue weighted by molar-refractivity contribution is 5.99. The number of rotatable bonds is 10. The van der Waals surface area contributed by atoms with Crippen molar-refractivity contribution in [2.75, 3.05) is 7.11 Å². The first-order valence-electron chi connectivity index (χ1n) is 9.54. The van der Waals surface area contributed by atoms with Crippen LogP contribution in [0.1, 0.15) is 44.1 Å². The summed E-state index contributed by atoms with van der Waals surface area (Å²) in [5.74, 6) is -1.16. The molecule has 1 aromatic carbocycles. The first kappa shape index (κ1) is 22.2. The molecule has 3 atom stereocenters. The van der Waals surface area contributed by atoms with Crippen LogP contribution < -0.4 is 9.47 Å². The zero-order valence-corrected chi connectivity index (χ0v) is 17.1. The summed E-state index contributed by atoms with van der Waals surface area (Å²) in [6.45, 7) is 5.34. The van der Waals surface area contributed by atoms with Crippen molar-refractivity contribution in [3.8, 4) is 17.2 Å². The number of hydrogen-bond acceptors (Lipinski definition) is 7. The Bertz CT molecular complexity index is 823. The van der Waals surface area contributed by atoms with Crippen LogP contribution in [0.3, 0.4) is 0 Å². The van der Waals surface area contributed by atoms with E-state index in [1.54, 1.807) is 6.92 Å². The number of methoxy groups -OCH3 is 1. The van der Waals surface area contributed by atoms with Gasteiger partial charge in [0.05, 0.1) is 13.0 Å². The summed E-state index contributed by atoms with van der Waals surface area (Å²) in [7, 11) is 1.38. The molecule has 1 heterocycles. The van der Waals surface area contributed by atoms with Gasteiger partial charge in [0.25, 0.3) is 0 Å². The molecular weight excluding hydrogens is 374 g/mol. The quantitative estimate of drug-likeness (QED) is 0.478. The van der Waals surface area contributed by atoms with Crippen molar-refractivity contribution in [2.24, 2.45) is 5.92 Å². The molecule has 0 spiro atoms. The van der Waals surface area contributed by atoms with E-state index < -0.39 is 23.8 Å². The van der Waals surface area contributed by atoms with E-state index in [4.69, 9.17) is 14.2 Å². The van der Waals surface area contributed by atoms with Crippen LogP contribution in [0.15, 0.2) is 42.6 Å². The Hall–Kier alpha value is -3.09. The molecule has 0 fully saturated rings. The maximum atomic E-state index is 12.5. The third-order valence-electron chi connectivity index (χ3n) is 4.52. The number of nitrogens with zero attached hydrogens (tertiary/aromatic N) is 1. The van der Waals surface area contributed by atoms with E-state index in [0.717, 1.165) is 0 Å². The van der Waals surface area contributed by atoms with Gasteiger partial charge in [-0.2, -0.15) is 0 Å². The Morgan fingerprint density at radius 2 is 1.83 bits per heavy atom. The van der Waals surface area contributed by atoms with Crippen LogP contribution in [-0.4, -0.2) is 41.2 Å². The van der Waals surface area contributed by atoms with Gasteiger partial charge in [0.15, 0.2) is 23.0 Å². The van der Waals surface area contributed by atoms with Gasteiger partial charge in [-0.25, -0.2) is 4.98 Å². The SMILES string of the molecule is CC[C@@H](OC(=O)[C@H](C)CC(=O)c1nccc(OC)c1O)[C@@H](C)Oc1ccccc1. The number of hydrogen-bond donors (Lipinski definition) is 1. The molecule has 29 heavy (non-hydrogen) atoms. The summed E-state index contributed by atoms with van der Waals surface area (Å²) in [4.78, 5) is 28.9. The summed E-state index contributed by atoms with van der Waals surface area (Å²) in [6, 6.07) is 10.7. The molecule has 0 amide bonds. The largest absolute Gasteiger partial charge is 0.503 e. The minimum Gasteiger partial charge on any atom is -0.503 e. The second-order valence-electron chi connectivity index (χ2n) is 6.76. The number of esters is 1. The van der Waals surface area contributed by atoms with Crippen LogP contribution >= 0.6 is 0 Å². The second-order valence-corrected chi connectivity index (χ2v) is 6.76. The van der Waals surface area contributed by atoms with Gasteiger partial charge in [0, 0.05) is 18.7 Å². The van der Waals surface area contributed by atoms with Crippen LogP contribution in [0.2, 0.25) is 0 Å². The van der Waals surface area contributed by atoms with E-state index in [1.165, 1.54) is 19.4 Å². The average Bonchev–Trinajstić information content (AvgIpc) is 2.72. The number of carbonyl (C=O) groups excluding carboxylic acids is 2. The number of aromatic nitrogens is 1. The van der Waals surface area contributed by atoms with Gasteiger partial charge in [-0.3, -0.25) is 9.59 Å². The fourth-order valence-corrected chi connectivity index (χ4v) is 2.83. The monoisotopic (exact) mass is 401 g/mol. The molecule has 2 aromatic rings. The summed E-state index contributed by atoms with van der Waals surface area (Å²) in [5, 5.41) is 10.1. The number of benzene rings is 1. The van der Waals surface area contributed by atoms with Gasteiger partial charge in [-0.15, -0.1) is 0 Å². The molecule has 7 nitrogen and oxygen atoms in total. The Balaban J connectivity index is 1.97. The van der Waals surface area contributed by atoms with E-state index in [-0.39, 0.29) is 29.7 Å². The lowest BCUT2D eigenvalue weighted by molar-refractivity contribution is -0.158. The molecule has 1 aromatic heterocycles. The standard InChI is InChI=1S/C22H27NO6/c1-5-18(15(3)28-16-9-7-6-8-10-16)29-22(26)14(2)13-17(24)20-21(25)19(27-4)11-12-23-20/h6-12,14-15,18,25H,5,13H2,1-4H3/t14-,15-,18-/m1/s1. The van der Waals surface area contributed by atoms with E-state index in [0.29, 0.717) is 12.2 Å². The van der Waals surface area contributed by atoms with Crippen molar-refractivity contribution >= 4 is 11.8 Å².